The van der Waals surface area contributed by atoms with Gasteiger partial charge in [0, 0.05) is 27.2 Å². The van der Waals surface area contributed by atoms with Crippen molar-refractivity contribution in [2.45, 2.75) is 32.8 Å². The summed E-state index contributed by atoms with van der Waals surface area (Å²) in [4.78, 5) is 23.7. The Balaban J connectivity index is 2.23. The van der Waals surface area contributed by atoms with Crippen molar-refractivity contribution < 1.29 is 24.6 Å². The standard InChI is InChI=1S/C22H25BrN2O5/c1-22(2,13-7-6-10-19(27)25-29)20(17-14-15(23)11-12-18(17)26)30-21(28)24-16-8-4-3-5-9-16/h3-6,8-12,14,20,26,29H,7,13H2,1-2H3,(H,24,28)(H,25,27)/b10-6+/t20-/m0/s1. The van der Waals surface area contributed by atoms with Crippen molar-refractivity contribution in [3.63, 3.8) is 0 Å². The zero-order valence-corrected chi connectivity index (χ0v) is 18.3. The van der Waals surface area contributed by atoms with Crippen molar-refractivity contribution in [3.8, 4) is 5.75 Å². The molecule has 0 aliphatic heterocycles. The number of amides is 2. The van der Waals surface area contributed by atoms with Crippen molar-refractivity contribution in [2.75, 3.05) is 5.32 Å². The van der Waals surface area contributed by atoms with Gasteiger partial charge in [0.05, 0.1) is 0 Å². The summed E-state index contributed by atoms with van der Waals surface area (Å²) >= 11 is 3.39. The lowest BCUT2D eigenvalue weighted by Gasteiger charge is -2.34. The van der Waals surface area contributed by atoms with E-state index in [-0.39, 0.29) is 5.75 Å². The van der Waals surface area contributed by atoms with Crippen molar-refractivity contribution in [1.82, 2.24) is 5.48 Å². The first-order chi connectivity index (χ1) is 14.2. The van der Waals surface area contributed by atoms with Crippen molar-refractivity contribution in [3.05, 3.63) is 70.7 Å². The molecule has 4 N–H and O–H groups in total. The summed E-state index contributed by atoms with van der Waals surface area (Å²) in [5.41, 5.74) is 2.00. The fraction of sp³-hybridized carbons (Fsp3) is 0.273. The van der Waals surface area contributed by atoms with Crippen LogP contribution < -0.4 is 10.8 Å². The quantitative estimate of drug-likeness (QED) is 0.234. The van der Waals surface area contributed by atoms with Gasteiger partial charge >= 0.3 is 6.09 Å². The number of halogens is 1. The molecule has 0 bridgehead atoms. The number of hydrogen-bond donors (Lipinski definition) is 4. The number of hydrogen-bond acceptors (Lipinski definition) is 5. The SMILES string of the molecule is CC(C)(CC/C=C/C(=O)NO)[C@@H](OC(=O)Nc1ccccc1)c1cc(Br)ccc1O. The van der Waals surface area contributed by atoms with Crippen LogP contribution in [0.2, 0.25) is 0 Å². The minimum atomic E-state index is -0.765. The number of anilines is 1. The molecule has 0 heterocycles. The third-order valence-corrected chi connectivity index (χ3v) is 5.05. The molecule has 0 spiro atoms. The number of aromatic hydroxyl groups is 1. The van der Waals surface area contributed by atoms with Crippen LogP contribution >= 0.6 is 15.9 Å². The van der Waals surface area contributed by atoms with E-state index in [0.717, 1.165) is 4.47 Å². The molecule has 0 aliphatic rings. The lowest BCUT2D eigenvalue weighted by Crippen LogP contribution is -2.29. The van der Waals surface area contributed by atoms with Gasteiger partial charge in [-0.2, -0.15) is 0 Å². The normalized spacial score (nSPS) is 12.4. The molecule has 0 aliphatic carbocycles. The predicted octanol–water partition coefficient (Wildman–Crippen LogP) is 5.31. The van der Waals surface area contributed by atoms with Crippen LogP contribution in [0.25, 0.3) is 0 Å². The Bertz CT molecular complexity index is 900. The van der Waals surface area contributed by atoms with E-state index in [0.29, 0.717) is 24.1 Å². The molecule has 2 rings (SSSR count). The van der Waals surface area contributed by atoms with Crippen molar-refractivity contribution in [2.24, 2.45) is 5.41 Å². The second-order valence-electron chi connectivity index (χ2n) is 7.39. The van der Waals surface area contributed by atoms with Gasteiger partial charge in [-0.25, -0.2) is 10.3 Å². The Kier molecular flexibility index (Phi) is 8.44. The molecule has 0 saturated carbocycles. The fourth-order valence-electron chi connectivity index (χ4n) is 2.97. The van der Waals surface area contributed by atoms with Crippen LogP contribution in [0.4, 0.5) is 10.5 Å². The van der Waals surface area contributed by atoms with E-state index < -0.39 is 23.5 Å². The molecule has 160 valence electrons. The number of phenolic OH excluding ortho intramolecular Hbond substituents is 1. The largest absolute Gasteiger partial charge is 0.508 e. The maximum Gasteiger partial charge on any atom is 0.412 e. The van der Waals surface area contributed by atoms with Gasteiger partial charge in [-0.3, -0.25) is 15.3 Å². The van der Waals surface area contributed by atoms with E-state index >= 15 is 0 Å². The van der Waals surface area contributed by atoms with E-state index in [1.54, 1.807) is 42.5 Å². The van der Waals surface area contributed by atoms with Crippen LogP contribution in [0.1, 0.15) is 38.4 Å². The first-order valence-electron chi connectivity index (χ1n) is 9.34. The maximum atomic E-state index is 12.6. The van der Waals surface area contributed by atoms with E-state index in [1.807, 2.05) is 19.9 Å². The number of allylic oxidation sites excluding steroid dienone is 1. The summed E-state index contributed by atoms with van der Waals surface area (Å²) in [5.74, 6) is -0.605. The van der Waals surface area contributed by atoms with E-state index in [2.05, 4.69) is 21.2 Å². The van der Waals surface area contributed by atoms with Crippen LogP contribution in [0.3, 0.4) is 0 Å². The molecular formula is C22H25BrN2O5. The highest BCUT2D eigenvalue weighted by molar-refractivity contribution is 9.10. The molecule has 0 saturated heterocycles. The van der Waals surface area contributed by atoms with Crippen molar-refractivity contribution >= 4 is 33.6 Å². The topological polar surface area (TPSA) is 108 Å². The van der Waals surface area contributed by atoms with Crippen LogP contribution in [0.5, 0.6) is 5.75 Å². The van der Waals surface area contributed by atoms with Crippen LogP contribution in [0, 0.1) is 5.41 Å². The Morgan fingerprint density at radius 1 is 1.20 bits per heavy atom. The number of rotatable bonds is 8. The molecule has 2 aromatic rings. The molecule has 1 atom stereocenters. The van der Waals surface area contributed by atoms with Gasteiger partial charge in [-0.1, -0.05) is 54.1 Å². The smallest absolute Gasteiger partial charge is 0.412 e. The first kappa shape index (κ1) is 23.4. The van der Waals surface area contributed by atoms with Gasteiger partial charge in [-0.05, 0) is 43.2 Å². The molecule has 0 unspecified atom stereocenters. The predicted molar refractivity (Wildman–Crippen MR) is 117 cm³/mol. The molecule has 0 fully saturated rings. The van der Waals surface area contributed by atoms with Crippen LogP contribution in [0.15, 0.2) is 65.2 Å². The molecule has 8 heteroatoms. The molecule has 0 aromatic heterocycles. The monoisotopic (exact) mass is 476 g/mol. The lowest BCUT2D eigenvalue weighted by molar-refractivity contribution is -0.124. The number of carbonyl (C=O) groups excluding carboxylic acids is 2. The number of carbonyl (C=O) groups is 2. The third-order valence-electron chi connectivity index (χ3n) is 4.56. The fourth-order valence-corrected chi connectivity index (χ4v) is 3.35. The Morgan fingerprint density at radius 2 is 1.90 bits per heavy atom. The second-order valence-corrected chi connectivity index (χ2v) is 8.30. The zero-order chi connectivity index (χ0) is 22.1. The number of ether oxygens (including phenoxy) is 1. The summed E-state index contributed by atoms with van der Waals surface area (Å²) in [5, 5.41) is 21.7. The first-order valence-corrected chi connectivity index (χ1v) is 10.1. The highest BCUT2D eigenvalue weighted by Gasteiger charge is 2.35. The summed E-state index contributed by atoms with van der Waals surface area (Å²) in [6.07, 6.45) is 2.47. The average molecular weight is 477 g/mol. The zero-order valence-electron chi connectivity index (χ0n) is 16.8. The molecular weight excluding hydrogens is 452 g/mol. The highest BCUT2D eigenvalue weighted by atomic mass is 79.9. The minimum absolute atomic E-state index is 0.0130. The average Bonchev–Trinajstić information content (AvgIpc) is 2.72. The van der Waals surface area contributed by atoms with Crippen LogP contribution in [-0.2, 0) is 9.53 Å². The molecule has 30 heavy (non-hydrogen) atoms. The highest BCUT2D eigenvalue weighted by Crippen LogP contribution is 2.44. The third kappa shape index (κ3) is 6.89. The van der Waals surface area contributed by atoms with Crippen LogP contribution in [-0.4, -0.2) is 22.3 Å². The lowest BCUT2D eigenvalue weighted by atomic mass is 9.78. The van der Waals surface area contributed by atoms with Gasteiger partial charge in [-0.15, -0.1) is 0 Å². The molecule has 2 amide bonds. The van der Waals surface area contributed by atoms with E-state index in [4.69, 9.17) is 9.94 Å². The Labute approximate surface area is 183 Å². The van der Waals surface area contributed by atoms with E-state index in [1.165, 1.54) is 17.6 Å². The van der Waals surface area contributed by atoms with Crippen molar-refractivity contribution in [1.29, 1.82) is 0 Å². The van der Waals surface area contributed by atoms with Gasteiger partial charge in [0.15, 0.2) is 0 Å². The summed E-state index contributed by atoms with van der Waals surface area (Å²) in [6.45, 7) is 3.82. The summed E-state index contributed by atoms with van der Waals surface area (Å²) in [6, 6.07) is 13.9. The molecule has 7 nitrogen and oxygen atoms in total. The number of nitrogens with one attached hydrogen (secondary N) is 2. The second kappa shape index (κ2) is 10.8. The van der Waals surface area contributed by atoms with Gasteiger partial charge in [0.2, 0.25) is 0 Å². The summed E-state index contributed by atoms with van der Waals surface area (Å²) in [7, 11) is 0. The summed E-state index contributed by atoms with van der Waals surface area (Å²) < 4.78 is 6.50. The molecule has 2 aromatic carbocycles. The maximum absolute atomic E-state index is 12.6. The Hall–Kier alpha value is -2.84. The number of benzene rings is 2. The Morgan fingerprint density at radius 3 is 2.57 bits per heavy atom. The number of hydroxylamine groups is 1. The number of phenols is 1. The number of para-hydroxylation sites is 1. The van der Waals surface area contributed by atoms with E-state index in [9.17, 15) is 14.7 Å². The van der Waals surface area contributed by atoms with Gasteiger partial charge < -0.3 is 9.84 Å². The van der Waals surface area contributed by atoms with Gasteiger partial charge in [0.1, 0.15) is 11.9 Å². The minimum Gasteiger partial charge on any atom is -0.508 e. The van der Waals surface area contributed by atoms with Gasteiger partial charge in [0.25, 0.3) is 5.91 Å². The molecule has 0 radical (unpaired) electrons.